The number of thioether (sulfide) groups is 1. The molecule has 0 atom stereocenters. The number of carbonyl (C=O) groups is 2. The van der Waals surface area contributed by atoms with Gasteiger partial charge in [-0.2, -0.15) is 0 Å². The van der Waals surface area contributed by atoms with Crippen LogP contribution >= 0.6 is 23.1 Å². The zero-order valence-electron chi connectivity index (χ0n) is 13.5. The van der Waals surface area contributed by atoms with Gasteiger partial charge in [-0.05, 0) is 36.4 Å². The van der Waals surface area contributed by atoms with E-state index >= 15 is 0 Å². The van der Waals surface area contributed by atoms with Crippen LogP contribution in [0.25, 0.3) is 10.7 Å². The summed E-state index contributed by atoms with van der Waals surface area (Å²) < 4.78 is 7.06. The van der Waals surface area contributed by atoms with Gasteiger partial charge in [0.25, 0.3) is 0 Å². The lowest BCUT2D eigenvalue weighted by atomic mass is 10.4. The van der Waals surface area contributed by atoms with E-state index in [0.717, 1.165) is 23.5 Å². The molecule has 1 aliphatic carbocycles. The van der Waals surface area contributed by atoms with Crippen LogP contribution in [0.15, 0.2) is 45.5 Å². The number of thiophene rings is 1. The van der Waals surface area contributed by atoms with Crippen LogP contribution in [0.5, 0.6) is 0 Å². The maximum Gasteiger partial charge on any atom is 0.305 e. The number of nitrogens with one attached hydrogen (secondary N) is 2. The SMILES string of the molecule is O=C(CSc1nnc(-c2cccs2)n1C1CC1)NNC(=O)c1ccco1. The molecule has 3 aromatic rings. The van der Waals surface area contributed by atoms with Gasteiger partial charge in [0.05, 0.1) is 16.9 Å². The van der Waals surface area contributed by atoms with Crippen LogP contribution in [-0.4, -0.2) is 32.3 Å². The smallest absolute Gasteiger partial charge is 0.305 e. The Hall–Kier alpha value is -2.59. The Morgan fingerprint density at radius 1 is 1.27 bits per heavy atom. The van der Waals surface area contributed by atoms with E-state index in [4.69, 9.17) is 4.42 Å². The molecule has 4 rings (SSSR count). The highest BCUT2D eigenvalue weighted by Gasteiger charge is 2.30. The number of furan rings is 1. The molecule has 0 radical (unpaired) electrons. The number of aromatic nitrogens is 3. The van der Waals surface area contributed by atoms with Crippen molar-refractivity contribution < 1.29 is 14.0 Å². The van der Waals surface area contributed by atoms with Gasteiger partial charge >= 0.3 is 5.91 Å². The first-order valence-corrected chi connectivity index (χ1v) is 9.83. The van der Waals surface area contributed by atoms with Crippen LogP contribution in [0.3, 0.4) is 0 Å². The summed E-state index contributed by atoms with van der Waals surface area (Å²) in [5, 5.41) is 11.3. The fourth-order valence-corrected chi connectivity index (χ4v) is 3.88. The van der Waals surface area contributed by atoms with E-state index in [9.17, 15) is 9.59 Å². The Balaban J connectivity index is 1.36. The summed E-state index contributed by atoms with van der Waals surface area (Å²) in [7, 11) is 0. The van der Waals surface area contributed by atoms with E-state index in [2.05, 4.69) is 25.6 Å². The summed E-state index contributed by atoms with van der Waals surface area (Å²) in [6.07, 6.45) is 3.58. The number of amides is 2. The molecule has 0 aromatic carbocycles. The van der Waals surface area contributed by atoms with Gasteiger partial charge in [-0.15, -0.1) is 21.5 Å². The molecular formula is C16H15N5O3S2. The second-order valence-corrected chi connectivity index (χ2v) is 7.54. The maximum atomic E-state index is 12.0. The van der Waals surface area contributed by atoms with Crippen LogP contribution in [0, 0.1) is 0 Å². The Labute approximate surface area is 157 Å². The second-order valence-electron chi connectivity index (χ2n) is 5.65. The molecule has 134 valence electrons. The molecule has 0 saturated heterocycles. The van der Waals surface area contributed by atoms with E-state index in [1.165, 1.54) is 24.1 Å². The van der Waals surface area contributed by atoms with Gasteiger partial charge in [-0.1, -0.05) is 17.8 Å². The number of carbonyl (C=O) groups excluding carboxylic acids is 2. The van der Waals surface area contributed by atoms with Gasteiger partial charge in [0.1, 0.15) is 0 Å². The lowest BCUT2D eigenvalue weighted by Gasteiger charge is -2.08. The van der Waals surface area contributed by atoms with Gasteiger partial charge in [0.15, 0.2) is 16.7 Å². The molecule has 0 aliphatic heterocycles. The number of hydrogen-bond acceptors (Lipinski definition) is 7. The molecule has 1 fully saturated rings. The number of hydrogen-bond donors (Lipinski definition) is 2. The third-order valence-electron chi connectivity index (χ3n) is 3.71. The molecule has 2 amide bonds. The van der Waals surface area contributed by atoms with Gasteiger partial charge in [0.2, 0.25) is 5.91 Å². The van der Waals surface area contributed by atoms with Gasteiger partial charge < -0.3 is 4.42 Å². The Bertz CT molecular complexity index is 901. The molecule has 26 heavy (non-hydrogen) atoms. The lowest BCUT2D eigenvalue weighted by molar-refractivity contribution is -0.119. The summed E-state index contributed by atoms with van der Waals surface area (Å²) in [5.74, 6) is 0.254. The monoisotopic (exact) mass is 389 g/mol. The molecule has 0 unspecified atom stereocenters. The van der Waals surface area contributed by atoms with Crippen LogP contribution in [-0.2, 0) is 4.79 Å². The fraction of sp³-hybridized carbons (Fsp3) is 0.250. The molecule has 3 heterocycles. The largest absolute Gasteiger partial charge is 0.459 e. The zero-order valence-corrected chi connectivity index (χ0v) is 15.2. The standard InChI is InChI=1S/C16H15N5O3S2/c22-13(17-19-15(23)11-3-1-7-24-11)9-26-16-20-18-14(12-4-2-8-25-12)21(16)10-5-6-10/h1-4,7-8,10H,5-6,9H2,(H,17,22)(H,19,23). The highest BCUT2D eigenvalue weighted by atomic mass is 32.2. The fourth-order valence-electron chi connectivity index (χ4n) is 2.37. The van der Waals surface area contributed by atoms with Gasteiger partial charge in [-0.25, -0.2) is 0 Å². The zero-order chi connectivity index (χ0) is 17.9. The highest BCUT2D eigenvalue weighted by Crippen LogP contribution is 2.41. The average Bonchev–Trinajstić information content (AvgIpc) is 3.11. The number of nitrogens with zero attached hydrogens (tertiary/aromatic N) is 3. The summed E-state index contributed by atoms with van der Waals surface area (Å²) in [6.45, 7) is 0. The van der Waals surface area contributed by atoms with E-state index in [-0.39, 0.29) is 17.4 Å². The topological polar surface area (TPSA) is 102 Å². The van der Waals surface area contributed by atoms with Crippen molar-refractivity contribution >= 4 is 34.9 Å². The molecule has 3 aromatic heterocycles. The summed E-state index contributed by atoms with van der Waals surface area (Å²) >= 11 is 2.91. The van der Waals surface area contributed by atoms with E-state index in [1.807, 2.05) is 17.5 Å². The van der Waals surface area contributed by atoms with Crippen LogP contribution < -0.4 is 10.9 Å². The molecular weight excluding hydrogens is 374 g/mol. The van der Waals surface area contributed by atoms with Crippen LogP contribution in [0.1, 0.15) is 29.4 Å². The van der Waals surface area contributed by atoms with Crippen molar-refractivity contribution in [3.05, 3.63) is 41.7 Å². The maximum absolute atomic E-state index is 12.0. The van der Waals surface area contributed by atoms with Crippen molar-refractivity contribution in [3.63, 3.8) is 0 Å². The minimum atomic E-state index is -0.505. The van der Waals surface area contributed by atoms with E-state index in [0.29, 0.717) is 11.2 Å². The first-order valence-electron chi connectivity index (χ1n) is 7.96. The second kappa shape index (κ2) is 7.34. The van der Waals surface area contributed by atoms with Gasteiger partial charge in [0, 0.05) is 6.04 Å². The van der Waals surface area contributed by atoms with E-state index < -0.39 is 5.91 Å². The summed E-state index contributed by atoms with van der Waals surface area (Å²) in [5.41, 5.74) is 4.68. The average molecular weight is 389 g/mol. The molecule has 1 aliphatic rings. The highest BCUT2D eigenvalue weighted by molar-refractivity contribution is 7.99. The minimum absolute atomic E-state index is 0.119. The lowest BCUT2D eigenvalue weighted by Crippen LogP contribution is -2.42. The van der Waals surface area contributed by atoms with Crippen LogP contribution in [0.2, 0.25) is 0 Å². The Morgan fingerprint density at radius 2 is 2.15 bits per heavy atom. The molecule has 2 N–H and O–H groups in total. The van der Waals surface area contributed by atoms with Crippen molar-refractivity contribution in [2.24, 2.45) is 0 Å². The first kappa shape index (κ1) is 16.9. The molecule has 0 spiro atoms. The summed E-state index contributed by atoms with van der Waals surface area (Å²) in [6, 6.07) is 7.50. The Morgan fingerprint density at radius 3 is 2.85 bits per heavy atom. The third kappa shape index (κ3) is 3.65. The van der Waals surface area contributed by atoms with Crippen molar-refractivity contribution in [2.45, 2.75) is 24.0 Å². The quantitative estimate of drug-likeness (QED) is 0.496. The van der Waals surface area contributed by atoms with Crippen molar-refractivity contribution in [1.82, 2.24) is 25.6 Å². The molecule has 10 heteroatoms. The molecule has 0 bridgehead atoms. The number of rotatable bonds is 6. The molecule has 8 nitrogen and oxygen atoms in total. The third-order valence-corrected chi connectivity index (χ3v) is 5.52. The van der Waals surface area contributed by atoms with Crippen molar-refractivity contribution in [2.75, 3.05) is 5.75 Å². The van der Waals surface area contributed by atoms with E-state index in [1.54, 1.807) is 17.4 Å². The first-order chi connectivity index (χ1) is 12.7. The number of hydrazine groups is 1. The Kier molecular flexibility index (Phi) is 4.76. The van der Waals surface area contributed by atoms with Crippen molar-refractivity contribution in [1.29, 1.82) is 0 Å². The van der Waals surface area contributed by atoms with Crippen molar-refractivity contribution in [3.8, 4) is 10.7 Å². The molecule has 1 saturated carbocycles. The van der Waals surface area contributed by atoms with Crippen LogP contribution in [0.4, 0.5) is 0 Å². The predicted molar refractivity (Wildman–Crippen MR) is 96.6 cm³/mol. The van der Waals surface area contributed by atoms with Gasteiger partial charge in [-0.3, -0.25) is 25.0 Å². The summed E-state index contributed by atoms with van der Waals surface area (Å²) in [4.78, 5) is 24.8. The predicted octanol–water partition coefficient (Wildman–Crippen LogP) is 2.49. The minimum Gasteiger partial charge on any atom is -0.459 e. The normalized spacial score (nSPS) is 13.5.